The van der Waals surface area contributed by atoms with Gasteiger partial charge in [-0.1, -0.05) is 18.2 Å². The smallest absolute Gasteiger partial charge is 0.251 e. The number of nitrogens with one attached hydrogen (secondary N) is 1. The fourth-order valence-electron chi connectivity index (χ4n) is 2.76. The first-order chi connectivity index (χ1) is 12.2. The summed E-state index contributed by atoms with van der Waals surface area (Å²) in [5, 5.41) is 2.92. The summed E-state index contributed by atoms with van der Waals surface area (Å²) in [5.41, 5.74) is 1.56. The molecule has 0 radical (unpaired) electrons. The lowest BCUT2D eigenvalue weighted by molar-refractivity contribution is 0.0679. The van der Waals surface area contributed by atoms with Gasteiger partial charge >= 0.3 is 0 Å². The Morgan fingerprint density at radius 2 is 2.04 bits per heavy atom. The highest BCUT2D eigenvalue weighted by Gasteiger charge is 2.16. The number of hydrogen-bond acceptors (Lipinski definition) is 4. The van der Waals surface area contributed by atoms with Crippen LogP contribution in [0.5, 0.6) is 11.5 Å². The summed E-state index contributed by atoms with van der Waals surface area (Å²) in [5.74, 6) is 1.33. The van der Waals surface area contributed by atoms with E-state index >= 15 is 0 Å². The zero-order valence-corrected chi connectivity index (χ0v) is 14.4. The van der Waals surface area contributed by atoms with Crippen LogP contribution in [-0.2, 0) is 11.3 Å². The summed E-state index contributed by atoms with van der Waals surface area (Å²) in [6.07, 6.45) is 2.27. The summed E-state index contributed by atoms with van der Waals surface area (Å²) in [6.45, 7) is 1.77. The van der Waals surface area contributed by atoms with E-state index in [1.54, 1.807) is 19.2 Å². The van der Waals surface area contributed by atoms with Crippen molar-refractivity contribution in [3.8, 4) is 11.5 Å². The number of amides is 1. The lowest BCUT2D eigenvalue weighted by Gasteiger charge is -2.12. The molecule has 5 heteroatoms. The third-order valence-electron chi connectivity index (χ3n) is 4.14. The minimum Gasteiger partial charge on any atom is -0.497 e. The van der Waals surface area contributed by atoms with Gasteiger partial charge in [0.05, 0.1) is 13.2 Å². The summed E-state index contributed by atoms with van der Waals surface area (Å²) >= 11 is 0. The third kappa shape index (κ3) is 4.97. The average molecular weight is 341 g/mol. The number of carbonyl (C=O) groups is 1. The van der Waals surface area contributed by atoms with Gasteiger partial charge in [-0.3, -0.25) is 4.79 Å². The zero-order chi connectivity index (χ0) is 17.5. The second-order valence-electron chi connectivity index (χ2n) is 6.01. The van der Waals surface area contributed by atoms with E-state index in [0.717, 1.165) is 30.8 Å². The maximum Gasteiger partial charge on any atom is 0.251 e. The highest BCUT2D eigenvalue weighted by atomic mass is 16.5. The molecule has 1 saturated heterocycles. The van der Waals surface area contributed by atoms with Crippen molar-refractivity contribution in [1.82, 2.24) is 5.32 Å². The Bertz CT molecular complexity index is 710. The summed E-state index contributed by atoms with van der Waals surface area (Å²) in [6, 6.07) is 14.8. The maximum absolute atomic E-state index is 12.4. The van der Waals surface area contributed by atoms with Crippen molar-refractivity contribution >= 4 is 5.91 Å². The molecule has 0 aromatic heterocycles. The minimum absolute atomic E-state index is 0.134. The van der Waals surface area contributed by atoms with Crippen LogP contribution in [0.3, 0.4) is 0 Å². The molecule has 1 aliphatic rings. The van der Waals surface area contributed by atoms with Crippen LogP contribution in [0.15, 0.2) is 48.5 Å². The molecule has 1 aliphatic heterocycles. The molecular formula is C20H23NO4. The van der Waals surface area contributed by atoms with Crippen molar-refractivity contribution < 1.29 is 19.0 Å². The maximum atomic E-state index is 12.4. The van der Waals surface area contributed by atoms with Gasteiger partial charge < -0.3 is 19.5 Å². The van der Waals surface area contributed by atoms with Crippen LogP contribution in [0.2, 0.25) is 0 Å². The fraction of sp³-hybridized carbons (Fsp3) is 0.350. The molecule has 3 rings (SSSR count). The highest BCUT2D eigenvalue weighted by Crippen LogP contribution is 2.17. The monoisotopic (exact) mass is 341 g/mol. The Balaban J connectivity index is 1.55. The van der Waals surface area contributed by atoms with Crippen LogP contribution in [0.4, 0.5) is 0 Å². The molecule has 2 aromatic carbocycles. The van der Waals surface area contributed by atoms with Crippen LogP contribution in [0.25, 0.3) is 0 Å². The average Bonchev–Trinajstić information content (AvgIpc) is 3.18. The molecule has 1 atom stereocenters. The Labute approximate surface area is 147 Å². The van der Waals surface area contributed by atoms with Crippen molar-refractivity contribution in [1.29, 1.82) is 0 Å². The van der Waals surface area contributed by atoms with E-state index in [9.17, 15) is 4.79 Å². The van der Waals surface area contributed by atoms with Gasteiger partial charge in [0.2, 0.25) is 0 Å². The van der Waals surface area contributed by atoms with Gasteiger partial charge in [0.1, 0.15) is 18.1 Å². The fourth-order valence-corrected chi connectivity index (χ4v) is 2.76. The number of benzene rings is 2. The number of hydrogen-bond donors (Lipinski definition) is 1. The molecule has 25 heavy (non-hydrogen) atoms. The van der Waals surface area contributed by atoms with Gasteiger partial charge in [0, 0.05) is 18.7 Å². The Kier molecular flexibility index (Phi) is 5.90. The van der Waals surface area contributed by atoms with Crippen molar-refractivity contribution in [2.45, 2.75) is 25.5 Å². The Hall–Kier alpha value is -2.53. The van der Waals surface area contributed by atoms with Crippen LogP contribution >= 0.6 is 0 Å². The van der Waals surface area contributed by atoms with E-state index < -0.39 is 0 Å². The second-order valence-corrected chi connectivity index (χ2v) is 6.01. The molecule has 132 valence electrons. The molecule has 1 heterocycles. The van der Waals surface area contributed by atoms with Gasteiger partial charge in [-0.05, 0) is 48.7 Å². The molecule has 1 N–H and O–H groups in total. The van der Waals surface area contributed by atoms with Crippen LogP contribution < -0.4 is 14.8 Å². The molecule has 1 unspecified atom stereocenters. The highest BCUT2D eigenvalue weighted by molar-refractivity contribution is 5.94. The number of rotatable bonds is 7. The standard InChI is InChI=1S/C20H23NO4/c1-23-17-7-2-5-15(11-17)13-21-20(22)16-6-3-8-18(12-16)25-14-19-9-4-10-24-19/h2-3,5-8,11-12,19H,4,9-10,13-14H2,1H3,(H,21,22). The molecule has 0 spiro atoms. The van der Waals surface area contributed by atoms with Gasteiger partial charge in [-0.2, -0.15) is 0 Å². The van der Waals surface area contributed by atoms with Crippen molar-refractivity contribution in [3.05, 3.63) is 59.7 Å². The predicted octanol–water partition coefficient (Wildman–Crippen LogP) is 3.18. The van der Waals surface area contributed by atoms with Crippen molar-refractivity contribution in [2.75, 3.05) is 20.3 Å². The summed E-state index contributed by atoms with van der Waals surface area (Å²) in [7, 11) is 1.62. The van der Waals surface area contributed by atoms with Gasteiger partial charge in [-0.15, -0.1) is 0 Å². The van der Waals surface area contributed by atoms with Gasteiger partial charge in [-0.25, -0.2) is 0 Å². The van der Waals surface area contributed by atoms with Crippen molar-refractivity contribution in [3.63, 3.8) is 0 Å². The van der Waals surface area contributed by atoms with Crippen molar-refractivity contribution in [2.24, 2.45) is 0 Å². The van der Waals surface area contributed by atoms with E-state index in [1.165, 1.54) is 0 Å². The zero-order valence-electron chi connectivity index (χ0n) is 14.4. The summed E-state index contributed by atoms with van der Waals surface area (Å²) in [4.78, 5) is 12.4. The first kappa shape index (κ1) is 17.3. The normalized spacial score (nSPS) is 16.4. The van der Waals surface area contributed by atoms with E-state index in [0.29, 0.717) is 24.5 Å². The van der Waals surface area contributed by atoms with E-state index in [4.69, 9.17) is 14.2 Å². The van der Waals surface area contributed by atoms with Gasteiger partial charge in [0.15, 0.2) is 0 Å². The SMILES string of the molecule is COc1cccc(CNC(=O)c2cccc(OCC3CCCO3)c2)c1. The number of ether oxygens (including phenoxy) is 3. The van der Waals surface area contributed by atoms with E-state index in [-0.39, 0.29) is 12.0 Å². The van der Waals surface area contributed by atoms with Crippen LogP contribution in [0, 0.1) is 0 Å². The topological polar surface area (TPSA) is 56.8 Å². The van der Waals surface area contributed by atoms with E-state index in [1.807, 2.05) is 36.4 Å². The Morgan fingerprint density at radius 3 is 2.84 bits per heavy atom. The number of methoxy groups -OCH3 is 1. The third-order valence-corrected chi connectivity index (χ3v) is 4.14. The first-order valence-corrected chi connectivity index (χ1v) is 8.50. The molecule has 2 aromatic rings. The number of carbonyl (C=O) groups excluding carboxylic acids is 1. The quantitative estimate of drug-likeness (QED) is 0.840. The molecule has 1 amide bonds. The molecule has 0 bridgehead atoms. The summed E-state index contributed by atoms with van der Waals surface area (Å²) < 4.78 is 16.5. The van der Waals surface area contributed by atoms with Crippen LogP contribution in [0.1, 0.15) is 28.8 Å². The van der Waals surface area contributed by atoms with Gasteiger partial charge in [0.25, 0.3) is 5.91 Å². The second kappa shape index (κ2) is 8.53. The molecular weight excluding hydrogens is 318 g/mol. The van der Waals surface area contributed by atoms with E-state index in [2.05, 4.69) is 5.32 Å². The largest absolute Gasteiger partial charge is 0.497 e. The minimum atomic E-state index is -0.134. The molecule has 0 saturated carbocycles. The molecule has 0 aliphatic carbocycles. The Morgan fingerprint density at radius 1 is 1.20 bits per heavy atom. The van der Waals surface area contributed by atoms with Crippen LogP contribution in [-0.4, -0.2) is 32.3 Å². The predicted molar refractivity (Wildman–Crippen MR) is 95.1 cm³/mol. The molecule has 5 nitrogen and oxygen atoms in total. The lowest BCUT2D eigenvalue weighted by atomic mass is 10.1. The lowest BCUT2D eigenvalue weighted by Crippen LogP contribution is -2.23. The first-order valence-electron chi connectivity index (χ1n) is 8.50. The molecule has 1 fully saturated rings.